The number of pyridine rings is 1. The Morgan fingerprint density at radius 3 is 2.76 bits per heavy atom. The number of carbonyl (C=O) groups is 1. The van der Waals surface area contributed by atoms with Crippen molar-refractivity contribution in [1.29, 1.82) is 0 Å². The summed E-state index contributed by atoms with van der Waals surface area (Å²) in [5.41, 5.74) is 4.08. The number of aromatic nitrogens is 1. The van der Waals surface area contributed by atoms with Crippen LogP contribution in [0.25, 0.3) is 11.3 Å². The lowest BCUT2D eigenvalue weighted by Crippen LogP contribution is -2.29. The largest absolute Gasteiger partial charge is 0.494 e. The molecular weight excluding hydrogens is 520 g/mol. The van der Waals surface area contributed by atoms with E-state index in [-0.39, 0.29) is 18.0 Å². The Morgan fingerprint density at radius 1 is 1.18 bits per heavy atom. The number of methoxy groups -OCH3 is 1. The SMILES string of the molecule is CCC(=O)Nc1ccc(N2C(=S)N[C@H](c3ccccn3)[C@H]2c2ccc(-c3cccc(Cl)c3C)o2)cc1OC. The van der Waals surface area contributed by atoms with Crippen molar-refractivity contribution in [1.82, 2.24) is 10.3 Å². The molecule has 5 rings (SSSR count). The Kier molecular flexibility index (Phi) is 7.35. The Hall–Kier alpha value is -3.88. The first-order chi connectivity index (χ1) is 18.4. The number of rotatable bonds is 7. The third-order valence-corrected chi connectivity index (χ3v) is 7.33. The molecule has 9 heteroatoms. The minimum absolute atomic E-state index is 0.0954. The van der Waals surface area contributed by atoms with Crippen molar-refractivity contribution in [3.05, 3.63) is 95.0 Å². The van der Waals surface area contributed by atoms with Crippen molar-refractivity contribution in [3.63, 3.8) is 0 Å². The maximum atomic E-state index is 12.0. The van der Waals surface area contributed by atoms with Crippen LogP contribution in [0.3, 0.4) is 0 Å². The van der Waals surface area contributed by atoms with E-state index in [2.05, 4.69) is 15.6 Å². The van der Waals surface area contributed by atoms with Crippen LogP contribution in [0.2, 0.25) is 5.02 Å². The number of nitrogens with one attached hydrogen (secondary N) is 2. The Morgan fingerprint density at radius 2 is 2.03 bits per heavy atom. The molecule has 0 spiro atoms. The zero-order chi connectivity index (χ0) is 26.8. The number of halogens is 1. The van der Waals surface area contributed by atoms with Gasteiger partial charge < -0.3 is 24.7 Å². The molecular formula is C29H27ClN4O3S. The first-order valence-corrected chi connectivity index (χ1v) is 13.0. The summed E-state index contributed by atoms with van der Waals surface area (Å²) in [5.74, 6) is 1.86. The predicted molar refractivity (Wildman–Crippen MR) is 154 cm³/mol. The van der Waals surface area contributed by atoms with E-state index in [0.717, 1.165) is 22.5 Å². The van der Waals surface area contributed by atoms with Crippen LogP contribution in [0.15, 0.2) is 77.3 Å². The van der Waals surface area contributed by atoms with E-state index in [0.29, 0.717) is 39.5 Å². The van der Waals surface area contributed by atoms with E-state index in [1.807, 2.05) is 78.6 Å². The molecule has 7 nitrogen and oxygen atoms in total. The number of carbonyl (C=O) groups excluding carboxylic acids is 1. The summed E-state index contributed by atoms with van der Waals surface area (Å²) in [6.45, 7) is 3.77. The van der Waals surface area contributed by atoms with Gasteiger partial charge in [0, 0.05) is 35.0 Å². The predicted octanol–water partition coefficient (Wildman–Crippen LogP) is 6.84. The maximum absolute atomic E-state index is 12.0. The van der Waals surface area contributed by atoms with Crippen molar-refractivity contribution in [2.24, 2.45) is 0 Å². The van der Waals surface area contributed by atoms with Crippen molar-refractivity contribution in [2.75, 3.05) is 17.3 Å². The molecule has 1 fully saturated rings. The van der Waals surface area contributed by atoms with Gasteiger partial charge in [0.2, 0.25) is 5.91 Å². The second-order valence-electron chi connectivity index (χ2n) is 8.90. The van der Waals surface area contributed by atoms with Crippen LogP contribution in [-0.4, -0.2) is 23.1 Å². The van der Waals surface area contributed by atoms with Crippen molar-refractivity contribution < 1.29 is 13.9 Å². The van der Waals surface area contributed by atoms with Gasteiger partial charge in [0.1, 0.15) is 23.3 Å². The van der Waals surface area contributed by atoms with Crippen LogP contribution in [0, 0.1) is 6.92 Å². The molecule has 1 aliphatic rings. The summed E-state index contributed by atoms with van der Waals surface area (Å²) in [6, 6.07) is 20.4. The van der Waals surface area contributed by atoms with Gasteiger partial charge in [0.15, 0.2) is 5.11 Å². The van der Waals surface area contributed by atoms with E-state index in [1.54, 1.807) is 20.2 Å². The fraction of sp³-hybridized carbons (Fsp3) is 0.207. The first kappa shape index (κ1) is 25.8. The molecule has 0 radical (unpaired) electrons. The molecule has 1 amide bonds. The van der Waals surface area contributed by atoms with E-state index >= 15 is 0 Å². The van der Waals surface area contributed by atoms with Crippen LogP contribution in [-0.2, 0) is 4.79 Å². The fourth-order valence-electron chi connectivity index (χ4n) is 4.62. The molecule has 38 heavy (non-hydrogen) atoms. The normalized spacial score (nSPS) is 16.8. The van der Waals surface area contributed by atoms with Gasteiger partial charge in [0.25, 0.3) is 0 Å². The second kappa shape index (κ2) is 10.8. The molecule has 3 heterocycles. The Bertz CT molecular complexity index is 1490. The zero-order valence-electron chi connectivity index (χ0n) is 21.2. The molecule has 0 aliphatic carbocycles. The van der Waals surface area contributed by atoms with Crippen molar-refractivity contribution >= 4 is 46.2 Å². The van der Waals surface area contributed by atoms with Crippen molar-refractivity contribution in [3.8, 4) is 17.1 Å². The number of thiocarbonyl (C=S) groups is 1. The highest BCUT2D eigenvalue weighted by atomic mass is 35.5. The second-order valence-corrected chi connectivity index (χ2v) is 9.69. The number of amides is 1. The van der Waals surface area contributed by atoms with Gasteiger partial charge >= 0.3 is 0 Å². The summed E-state index contributed by atoms with van der Waals surface area (Å²) in [6.07, 6.45) is 2.13. The van der Waals surface area contributed by atoms with Crippen LogP contribution in [0.5, 0.6) is 5.75 Å². The number of furan rings is 1. The number of hydrogen-bond donors (Lipinski definition) is 2. The maximum Gasteiger partial charge on any atom is 0.224 e. The summed E-state index contributed by atoms with van der Waals surface area (Å²) < 4.78 is 12.1. The molecule has 2 N–H and O–H groups in total. The lowest BCUT2D eigenvalue weighted by Gasteiger charge is -2.27. The molecule has 0 bridgehead atoms. The lowest BCUT2D eigenvalue weighted by molar-refractivity contribution is -0.115. The number of anilines is 2. The summed E-state index contributed by atoms with van der Waals surface area (Å²) in [4.78, 5) is 18.6. The van der Waals surface area contributed by atoms with Gasteiger partial charge in [-0.1, -0.05) is 36.7 Å². The summed E-state index contributed by atoms with van der Waals surface area (Å²) in [7, 11) is 1.57. The smallest absolute Gasteiger partial charge is 0.224 e. The topological polar surface area (TPSA) is 79.6 Å². The van der Waals surface area contributed by atoms with Gasteiger partial charge in [-0.25, -0.2) is 0 Å². The minimum Gasteiger partial charge on any atom is -0.494 e. The molecule has 2 aromatic heterocycles. The average Bonchev–Trinajstić information content (AvgIpc) is 3.55. The Labute approximate surface area is 231 Å². The highest BCUT2D eigenvalue weighted by molar-refractivity contribution is 7.80. The molecule has 0 unspecified atom stereocenters. The van der Waals surface area contributed by atoms with Gasteiger partial charge in [-0.3, -0.25) is 9.78 Å². The molecule has 1 aliphatic heterocycles. The highest BCUT2D eigenvalue weighted by Crippen LogP contribution is 2.44. The molecule has 4 aromatic rings. The molecule has 1 saturated heterocycles. The molecule has 194 valence electrons. The van der Waals surface area contributed by atoms with Crippen LogP contribution >= 0.6 is 23.8 Å². The molecule has 0 saturated carbocycles. The quantitative estimate of drug-likeness (QED) is 0.246. The third kappa shape index (κ3) is 4.85. The highest BCUT2D eigenvalue weighted by Gasteiger charge is 2.43. The van der Waals surface area contributed by atoms with Gasteiger partial charge in [-0.2, -0.15) is 0 Å². The van der Waals surface area contributed by atoms with E-state index in [9.17, 15) is 4.79 Å². The number of ether oxygens (including phenoxy) is 1. The van der Waals surface area contributed by atoms with E-state index in [4.69, 9.17) is 33.0 Å². The molecule has 2 aromatic carbocycles. The summed E-state index contributed by atoms with van der Waals surface area (Å²) >= 11 is 12.2. The number of benzene rings is 2. The van der Waals surface area contributed by atoms with E-state index in [1.165, 1.54) is 0 Å². The monoisotopic (exact) mass is 546 g/mol. The fourth-order valence-corrected chi connectivity index (χ4v) is 5.14. The number of nitrogens with zero attached hydrogens (tertiary/aromatic N) is 2. The van der Waals surface area contributed by atoms with Crippen LogP contribution in [0.1, 0.15) is 42.4 Å². The summed E-state index contributed by atoms with van der Waals surface area (Å²) in [5, 5.41) is 7.52. The first-order valence-electron chi connectivity index (χ1n) is 12.2. The average molecular weight is 547 g/mol. The zero-order valence-corrected chi connectivity index (χ0v) is 22.8. The molecule has 2 atom stereocenters. The standard InChI is InChI=1S/C29H27ClN4O3S/c1-4-26(35)32-21-12-11-18(16-25(21)36-3)34-28(27(33-29(34)38)22-10-5-6-15-31-22)24-14-13-23(37-24)19-8-7-9-20(30)17(19)2/h5-16,27-28H,4H2,1-3H3,(H,32,35)(H,33,38)/t27-,28-/m1/s1. The lowest BCUT2D eigenvalue weighted by atomic mass is 10.0. The van der Waals surface area contributed by atoms with Crippen molar-refractivity contribution in [2.45, 2.75) is 32.4 Å². The van der Waals surface area contributed by atoms with Gasteiger partial charge in [-0.05, 0) is 67.2 Å². The van der Waals surface area contributed by atoms with Gasteiger partial charge in [-0.15, -0.1) is 0 Å². The van der Waals surface area contributed by atoms with E-state index < -0.39 is 0 Å². The Balaban J connectivity index is 1.59. The minimum atomic E-state index is -0.341. The van der Waals surface area contributed by atoms with Crippen LogP contribution in [0.4, 0.5) is 11.4 Å². The van der Waals surface area contributed by atoms with Gasteiger partial charge in [0.05, 0.1) is 24.5 Å². The number of hydrogen-bond acceptors (Lipinski definition) is 5. The third-order valence-electron chi connectivity index (χ3n) is 6.61. The van der Waals surface area contributed by atoms with Crippen LogP contribution < -0.4 is 20.3 Å².